The summed E-state index contributed by atoms with van der Waals surface area (Å²) in [7, 11) is 0. The van der Waals surface area contributed by atoms with Gasteiger partial charge in [-0.15, -0.1) is 10.2 Å². The zero-order valence-corrected chi connectivity index (χ0v) is 21.1. The Morgan fingerprint density at radius 1 is 0.974 bits per heavy atom. The third kappa shape index (κ3) is 5.66. The minimum Gasteiger partial charge on any atom is -0.351 e. The molecule has 1 aliphatic heterocycles. The molecule has 39 heavy (non-hydrogen) atoms. The van der Waals surface area contributed by atoms with Crippen LogP contribution in [-0.4, -0.2) is 43.8 Å². The van der Waals surface area contributed by atoms with Crippen LogP contribution in [0.1, 0.15) is 61.3 Å². The third-order valence-electron chi connectivity index (χ3n) is 7.06. The molecule has 12 heteroatoms. The normalized spacial score (nSPS) is 20.7. The standard InChI is InChI=1S/C27H28F3N7O2/c28-27(29,30)21-16-31-26(34-23(21)32-19-8-4-7-18(15-19)25-38-12-5-13-39-25)33-20-9-3-6-17(14-20)24-36-35-22-10-1-2-11-37(22)24/h1-2,4,7-8,10-11,15-17,20,25H,3,5-6,9,12-14H2,(H2,31,32,33,34)/t17-,20+/m0/s1. The maximum atomic E-state index is 13.9. The lowest BCUT2D eigenvalue weighted by Gasteiger charge is -2.29. The van der Waals surface area contributed by atoms with Crippen molar-refractivity contribution in [1.29, 1.82) is 0 Å². The summed E-state index contributed by atoms with van der Waals surface area (Å²) < 4.78 is 54.8. The van der Waals surface area contributed by atoms with Crippen LogP contribution in [0.3, 0.4) is 0 Å². The number of nitrogens with zero attached hydrogens (tertiary/aromatic N) is 5. The van der Waals surface area contributed by atoms with Crippen molar-refractivity contribution in [3.63, 3.8) is 0 Å². The van der Waals surface area contributed by atoms with Crippen LogP contribution in [-0.2, 0) is 15.7 Å². The highest BCUT2D eigenvalue weighted by Gasteiger charge is 2.36. The molecule has 204 valence electrons. The molecular formula is C27H28F3N7O2. The van der Waals surface area contributed by atoms with Gasteiger partial charge in [-0.05, 0) is 49.9 Å². The molecule has 0 bridgehead atoms. The zero-order chi connectivity index (χ0) is 26.8. The van der Waals surface area contributed by atoms with E-state index in [2.05, 4.69) is 30.8 Å². The van der Waals surface area contributed by atoms with E-state index in [1.165, 1.54) is 0 Å². The summed E-state index contributed by atoms with van der Waals surface area (Å²) in [6.07, 6.45) is 1.88. The lowest BCUT2D eigenvalue weighted by molar-refractivity contribution is -0.183. The van der Waals surface area contributed by atoms with Gasteiger partial charge in [0, 0.05) is 35.6 Å². The molecule has 4 heterocycles. The second-order valence-electron chi connectivity index (χ2n) is 9.82. The number of hydrogen-bond donors (Lipinski definition) is 2. The van der Waals surface area contributed by atoms with Crippen molar-refractivity contribution in [3.8, 4) is 0 Å². The summed E-state index contributed by atoms with van der Waals surface area (Å²) in [6.45, 7) is 1.13. The van der Waals surface area contributed by atoms with E-state index in [9.17, 15) is 13.2 Å². The number of aromatic nitrogens is 5. The second-order valence-corrected chi connectivity index (χ2v) is 9.82. The molecule has 0 amide bonds. The maximum absolute atomic E-state index is 13.9. The van der Waals surface area contributed by atoms with Gasteiger partial charge in [-0.2, -0.15) is 18.2 Å². The fraction of sp³-hybridized carbons (Fsp3) is 0.407. The van der Waals surface area contributed by atoms with E-state index in [4.69, 9.17) is 9.47 Å². The minimum atomic E-state index is -4.63. The smallest absolute Gasteiger partial charge is 0.351 e. The van der Waals surface area contributed by atoms with Crippen molar-refractivity contribution >= 4 is 23.1 Å². The average Bonchev–Trinajstić information content (AvgIpc) is 3.38. The van der Waals surface area contributed by atoms with Gasteiger partial charge in [0.1, 0.15) is 17.2 Å². The molecule has 1 saturated heterocycles. The molecule has 4 aromatic rings. The summed E-state index contributed by atoms with van der Waals surface area (Å²) in [5, 5.41) is 14.8. The summed E-state index contributed by atoms with van der Waals surface area (Å²) in [6, 6.07) is 12.7. The predicted molar refractivity (Wildman–Crippen MR) is 138 cm³/mol. The highest BCUT2D eigenvalue weighted by molar-refractivity contribution is 5.62. The van der Waals surface area contributed by atoms with Crippen LogP contribution >= 0.6 is 0 Å². The van der Waals surface area contributed by atoms with Crippen molar-refractivity contribution in [1.82, 2.24) is 24.6 Å². The Hall–Kier alpha value is -3.77. The van der Waals surface area contributed by atoms with Gasteiger partial charge in [-0.1, -0.05) is 24.6 Å². The molecule has 2 N–H and O–H groups in total. The third-order valence-corrected chi connectivity index (χ3v) is 7.06. The first-order valence-corrected chi connectivity index (χ1v) is 13.0. The van der Waals surface area contributed by atoms with E-state index >= 15 is 0 Å². The Bertz CT molecular complexity index is 1440. The first kappa shape index (κ1) is 25.5. The van der Waals surface area contributed by atoms with Crippen LogP contribution in [0.4, 0.5) is 30.6 Å². The zero-order valence-electron chi connectivity index (χ0n) is 21.1. The largest absolute Gasteiger partial charge is 0.421 e. The lowest BCUT2D eigenvalue weighted by Crippen LogP contribution is -2.28. The SMILES string of the molecule is FC(F)(F)c1cnc(N[C@@H]2CCC[C@H](c3nnc4ccccn34)C2)nc1Nc1cccc(C2OCCCO2)c1. The highest BCUT2D eigenvalue weighted by atomic mass is 19.4. The number of pyridine rings is 1. The van der Waals surface area contributed by atoms with Crippen LogP contribution in [0.25, 0.3) is 5.65 Å². The topological polar surface area (TPSA) is 98.5 Å². The maximum Gasteiger partial charge on any atom is 0.421 e. The molecule has 2 aliphatic rings. The van der Waals surface area contributed by atoms with Crippen LogP contribution < -0.4 is 10.6 Å². The fourth-order valence-electron chi connectivity index (χ4n) is 5.21. The number of hydrogen-bond acceptors (Lipinski definition) is 8. The number of rotatable bonds is 6. The lowest BCUT2D eigenvalue weighted by atomic mass is 9.85. The Balaban J connectivity index is 1.21. The van der Waals surface area contributed by atoms with Crippen LogP contribution in [0.2, 0.25) is 0 Å². The Morgan fingerprint density at radius 3 is 2.69 bits per heavy atom. The number of halogens is 3. The predicted octanol–water partition coefficient (Wildman–Crippen LogP) is 5.86. The van der Waals surface area contributed by atoms with Gasteiger partial charge in [-0.25, -0.2) is 4.98 Å². The molecular weight excluding hydrogens is 511 g/mol. The van der Waals surface area contributed by atoms with E-state index < -0.39 is 18.0 Å². The van der Waals surface area contributed by atoms with Gasteiger partial charge in [0.05, 0.1) is 13.2 Å². The van der Waals surface area contributed by atoms with Gasteiger partial charge in [0.25, 0.3) is 0 Å². The number of fused-ring (bicyclic) bond motifs is 1. The molecule has 0 radical (unpaired) electrons. The van der Waals surface area contributed by atoms with Gasteiger partial charge >= 0.3 is 6.18 Å². The van der Waals surface area contributed by atoms with E-state index in [0.29, 0.717) is 18.9 Å². The highest BCUT2D eigenvalue weighted by Crippen LogP contribution is 2.37. The molecule has 2 atom stereocenters. The molecule has 1 saturated carbocycles. The monoisotopic (exact) mass is 539 g/mol. The molecule has 6 rings (SSSR count). The van der Waals surface area contributed by atoms with Gasteiger partial charge in [0.15, 0.2) is 11.9 Å². The number of ether oxygens (including phenoxy) is 2. The van der Waals surface area contributed by atoms with Crippen molar-refractivity contribution in [2.45, 2.75) is 56.5 Å². The summed E-state index contributed by atoms with van der Waals surface area (Å²) >= 11 is 0. The molecule has 3 aromatic heterocycles. The van der Waals surface area contributed by atoms with Crippen molar-refractivity contribution in [2.24, 2.45) is 0 Å². The summed E-state index contributed by atoms with van der Waals surface area (Å²) in [5.41, 5.74) is 1.00. The number of alkyl halides is 3. The molecule has 1 aliphatic carbocycles. The molecule has 1 aromatic carbocycles. The van der Waals surface area contributed by atoms with Gasteiger partial charge < -0.3 is 20.1 Å². The number of anilines is 3. The van der Waals surface area contributed by atoms with Crippen LogP contribution in [0, 0.1) is 0 Å². The van der Waals surface area contributed by atoms with E-state index in [0.717, 1.165) is 55.3 Å². The number of benzene rings is 1. The van der Waals surface area contributed by atoms with Crippen molar-refractivity contribution < 1.29 is 22.6 Å². The summed E-state index contributed by atoms with van der Waals surface area (Å²) in [5.74, 6) is 0.863. The van der Waals surface area contributed by atoms with E-state index in [1.807, 2.05) is 34.9 Å². The molecule has 2 fully saturated rings. The molecule has 9 nitrogen and oxygen atoms in total. The van der Waals surface area contributed by atoms with Crippen LogP contribution in [0.15, 0.2) is 54.9 Å². The van der Waals surface area contributed by atoms with Gasteiger partial charge in [-0.3, -0.25) is 4.40 Å². The first-order chi connectivity index (χ1) is 18.9. The van der Waals surface area contributed by atoms with Crippen molar-refractivity contribution in [3.05, 3.63) is 71.8 Å². The van der Waals surface area contributed by atoms with Gasteiger partial charge in [0.2, 0.25) is 5.95 Å². The Labute approximate surface area is 222 Å². The first-order valence-electron chi connectivity index (χ1n) is 13.0. The van der Waals surface area contributed by atoms with E-state index in [1.54, 1.807) is 18.2 Å². The molecule has 0 spiro atoms. The Kier molecular flexibility index (Phi) is 7.05. The second kappa shape index (κ2) is 10.8. The van der Waals surface area contributed by atoms with E-state index in [-0.39, 0.29) is 23.7 Å². The fourth-order valence-corrected chi connectivity index (χ4v) is 5.21. The summed E-state index contributed by atoms with van der Waals surface area (Å²) in [4.78, 5) is 8.27. The Morgan fingerprint density at radius 2 is 1.85 bits per heavy atom. The average molecular weight is 540 g/mol. The minimum absolute atomic E-state index is 0.0201. The quantitative estimate of drug-likeness (QED) is 0.315. The molecule has 0 unspecified atom stereocenters. The van der Waals surface area contributed by atoms with Crippen LogP contribution in [0.5, 0.6) is 0 Å². The van der Waals surface area contributed by atoms with Crippen molar-refractivity contribution in [2.75, 3.05) is 23.8 Å². The number of nitrogens with one attached hydrogen (secondary N) is 2.